The highest BCUT2D eigenvalue weighted by Crippen LogP contribution is 2.64. The van der Waals surface area contributed by atoms with E-state index in [4.69, 9.17) is 4.98 Å². The fourth-order valence-electron chi connectivity index (χ4n) is 9.76. The van der Waals surface area contributed by atoms with Gasteiger partial charge in [0.25, 0.3) is 0 Å². The van der Waals surface area contributed by atoms with Gasteiger partial charge in [0.1, 0.15) is 0 Å². The van der Waals surface area contributed by atoms with E-state index in [9.17, 15) is 0 Å². The molecule has 2 aromatic heterocycles. The molecule has 12 rings (SSSR count). The van der Waals surface area contributed by atoms with Gasteiger partial charge in [0.05, 0.1) is 27.7 Å². The highest BCUT2D eigenvalue weighted by molar-refractivity contribution is 7.26. The van der Waals surface area contributed by atoms with Crippen molar-refractivity contribution in [2.24, 2.45) is 0 Å². The molecule has 0 fully saturated rings. The first-order valence-electron chi connectivity index (χ1n) is 18.9. The van der Waals surface area contributed by atoms with Crippen molar-refractivity contribution in [1.82, 2.24) is 4.98 Å². The van der Waals surface area contributed by atoms with Crippen LogP contribution >= 0.6 is 11.3 Å². The zero-order valence-electron chi connectivity index (χ0n) is 29.8. The standard InChI is InChI=1S/C52H32N2S/c1-2-13-33(14-3-1)34-25-28-36(29-26-34)54(47-32-53-31-41-49-37-16-5-4-15-35(37)27-30-48(49)55-51(41)47)46-24-12-23-45-50(46)40-19-8-11-22-44(40)52(45)42-20-9-6-17-38(42)39-18-7-10-21-43(39)52/h1-32H. The lowest BCUT2D eigenvalue weighted by Crippen LogP contribution is -2.26. The number of thiophene rings is 1. The molecule has 0 saturated carbocycles. The van der Waals surface area contributed by atoms with Crippen LogP contribution in [-0.4, -0.2) is 4.98 Å². The second-order valence-electron chi connectivity index (χ2n) is 14.6. The summed E-state index contributed by atoms with van der Waals surface area (Å²) in [5.74, 6) is 0. The molecule has 2 nitrogen and oxygen atoms in total. The van der Waals surface area contributed by atoms with Crippen molar-refractivity contribution < 1.29 is 0 Å². The molecule has 10 aromatic rings. The van der Waals surface area contributed by atoms with Crippen molar-refractivity contribution in [2.45, 2.75) is 5.41 Å². The van der Waals surface area contributed by atoms with Crippen LogP contribution in [0.25, 0.3) is 64.3 Å². The Bertz CT molecular complexity index is 3110. The molecule has 0 saturated heterocycles. The topological polar surface area (TPSA) is 16.1 Å². The van der Waals surface area contributed by atoms with Crippen LogP contribution in [-0.2, 0) is 5.41 Å². The zero-order chi connectivity index (χ0) is 36.1. The molecule has 2 aliphatic carbocycles. The van der Waals surface area contributed by atoms with Crippen LogP contribution in [0.2, 0.25) is 0 Å². The molecule has 2 aliphatic rings. The van der Waals surface area contributed by atoms with Crippen LogP contribution < -0.4 is 4.90 Å². The minimum Gasteiger partial charge on any atom is -0.307 e. The van der Waals surface area contributed by atoms with Gasteiger partial charge < -0.3 is 4.90 Å². The van der Waals surface area contributed by atoms with Crippen LogP contribution in [0.15, 0.2) is 194 Å². The average Bonchev–Trinajstić information content (AvgIpc) is 3.90. The van der Waals surface area contributed by atoms with Crippen molar-refractivity contribution in [3.63, 3.8) is 0 Å². The van der Waals surface area contributed by atoms with E-state index in [-0.39, 0.29) is 0 Å². The van der Waals surface area contributed by atoms with Gasteiger partial charge in [-0.3, -0.25) is 4.98 Å². The smallest absolute Gasteiger partial charge is 0.0825 e. The number of aromatic nitrogens is 1. The monoisotopic (exact) mass is 716 g/mol. The molecule has 0 aliphatic heterocycles. The van der Waals surface area contributed by atoms with E-state index < -0.39 is 5.41 Å². The first-order chi connectivity index (χ1) is 27.3. The quantitative estimate of drug-likeness (QED) is 0.180. The summed E-state index contributed by atoms with van der Waals surface area (Å²) >= 11 is 1.86. The van der Waals surface area contributed by atoms with E-state index in [2.05, 4.69) is 199 Å². The second-order valence-corrected chi connectivity index (χ2v) is 15.7. The van der Waals surface area contributed by atoms with E-state index in [0.29, 0.717) is 0 Å². The number of anilines is 3. The number of rotatable bonds is 4. The first-order valence-corrected chi connectivity index (χ1v) is 19.7. The summed E-state index contributed by atoms with van der Waals surface area (Å²) in [7, 11) is 0. The van der Waals surface area contributed by atoms with Gasteiger partial charge >= 0.3 is 0 Å². The van der Waals surface area contributed by atoms with Crippen molar-refractivity contribution in [2.75, 3.05) is 4.90 Å². The molecule has 2 heterocycles. The van der Waals surface area contributed by atoms with E-state index in [1.54, 1.807) is 0 Å². The molecule has 256 valence electrons. The molecule has 0 bridgehead atoms. The fraction of sp³-hybridized carbons (Fsp3) is 0.0192. The molecule has 0 N–H and O–H groups in total. The lowest BCUT2D eigenvalue weighted by molar-refractivity contribution is 0.794. The Morgan fingerprint density at radius 3 is 1.82 bits per heavy atom. The van der Waals surface area contributed by atoms with Crippen molar-refractivity contribution in [3.05, 3.63) is 217 Å². The van der Waals surface area contributed by atoms with Gasteiger partial charge in [-0.05, 0) is 85.1 Å². The highest BCUT2D eigenvalue weighted by Gasteiger charge is 2.52. The second kappa shape index (κ2) is 11.6. The van der Waals surface area contributed by atoms with E-state index >= 15 is 0 Å². The Hall–Kier alpha value is -6.81. The maximum absolute atomic E-state index is 5.01. The predicted octanol–water partition coefficient (Wildman–Crippen LogP) is 14.1. The number of pyridine rings is 1. The van der Waals surface area contributed by atoms with E-state index in [1.165, 1.54) is 86.6 Å². The Morgan fingerprint density at radius 1 is 0.436 bits per heavy atom. The van der Waals surface area contributed by atoms with Crippen LogP contribution in [0.4, 0.5) is 17.1 Å². The molecule has 8 aromatic carbocycles. The lowest BCUT2D eigenvalue weighted by atomic mass is 9.70. The Kier molecular flexibility index (Phi) is 6.46. The van der Waals surface area contributed by atoms with E-state index in [1.807, 2.05) is 11.3 Å². The molecule has 0 radical (unpaired) electrons. The van der Waals surface area contributed by atoms with Gasteiger partial charge in [0.15, 0.2) is 0 Å². The maximum Gasteiger partial charge on any atom is 0.0825 e. The SMILES string of the molecule is c1ccc(-c2ccc(N(c3cccc4c3-c3ccccc3C43c4ccccc4-c4ccccc43)c3cncc4c3sc3ccc5ccccc5c34)cc2)cc1. The molecule has 0 atom stereocenters. The lowest BCUT2D eigenvalue weighted by Gasteiger charge is -2.31. The Labute approximate surface area is 323 Å². The molecular weight excluding hydrogens is 685 g/mol. The van der Waals surface area contributed by atoms with Crippen molar-refractivity contribution in [3.8, 4) is 33.4 Å². The first kappa shape index (κ1) is 30.6. The van der Waals surface area contributed by atoms with Gasteiger partial charge in [-0.1, -0.05) is 158 Å². The predicted molar refractivity (Wildman–Crippen MR) is 231 cm³/mol. The molecule has 55 heavy (non-hydrogen) atoms. The summed E-state index contributed by atoms with van der Waals surface area (Å²) < 4.78 is 2.49. The third-order valence-corrected chi connectivity index (χ3v) is 13.2. The summed E-state index contributed by atoms with van der Waals surface area (Å²) in [5.41, 5.74) is 15.8. The number of hydrogen-bond donors (Lipinski definition) is 0. The Balaban J connectivity index is 1.17. The maximum atomic E-state index is 5.01. The van der Waals surface area contributed by atoms with Gasteiger partial charge in [0.2, 0.25) is 0 Å². The summed E-state index contributed by atoms with van der Waals surface area (Å²) in [6.45, 7) is 0. The third-order valence-electron chi connectivity index (χ3n) is 12.0. The third kappa shape index (κ3) is 4.16. The minimum absolute atomic E-state index is 0.432. The number of fused-ring (bicyclic) bond motifs is 15. The molecule has 0 amide bonds. The summed E-state index contributed by atoms with van der Waals surface area (Å²) in [6.07, 6.45) is 4.13. The average molecular weight is 717 g/mol. The van der Waals surface area contributed by atoms with Gasteiger partial charge in [-0.25, -0.2) is 0 Å². The number of benzene rings is 8. The number of nitrogens with zero attached hydrogens (tertiary/aromatic N) is 2. The summed E-state index contributed by atoms with van der Waals surface area (Å²) in [6, 6.07) is 67.0. The van der Waals surface area contributed by atoms with Crippen LogP contribution in [0.3, 0.4) is 0 Å². The van der Waals surface area contributed by atoms with Crippen LogP contribution in [0, 0.1) is 0 Å². The van der Waals surface area contributed by atoms with Crippen molar-refractivity contribution in [1.29, 1.82) is 0 Å². The summed E-state index contributed by atoms with van der Waals surface area (Å²) in [5, 5.41) is 4.96. The molecular formula is C52H32N2S. The molecule has 0 unspecified atom stereocenters. The van der Waals surface area contributed by atoms with Gasteiger partial charge in [0, 0.05) is 32.9 Å². The molecule has 3 heteroatoms. The highest BCUT2D eigenvalue weighted by atomic mass is 32.1. The zero-order valence-corrected chi connectivity index (χ0v) is 30.6. The van der Waals surface area contributed by atoms with Gasteiger partial charge in [-0.15, -0.1) is 11.3 Å². The molecule has 1 spiro atoms. The minimum atomic E-state index is -0.432. The normalized spacial score (nSPS) is 13.2. The van der Waals surface area contributed by atoms with Gasteiger partial charge in [-0.2, -0.15) is 0 Å². The van der Waals surface area contributed by atoms with Crippen LogP contribution in [0.1, 0.15) is 22.3 Å². The number of hydrogen-bond acceptors (Lipinski definition) is 3. The largest absolute Gasteiger partial charge is 0.307 e. The summed E-state index contributed by atoms with van der Waals surface area (Å²) in [4.78, 5) is 7.49. The Morgan fingerprint density at radius 2 is 1.05 bits per heavy atom. The van der Waals surface area contributed by atoms with Crippen LogP contribution in [0.5, 0.6) is 0 Å². The van der Waals surface area contributed by atoms with Crippen molar-refractivity contribution >= 4 is 59.3 Å². The van der Waals surface area contributed by atoms with E-state index in [0.717, 1.165) is 17.1 Å². The fourth-order valence-corrected chi connectivity index (χ4v) is 11.0.